The lowest BCUT2D eigenvalue weighted by Gasteiger charge is -2.05. The fourth-order valence-corrected chi connectivity index (χ4v) is 3.01. The van der Waals surface area contributed by atoms with Crippen LogP contribution < -0.4 is 10.7 Å². The Balaban J connectivity index is 1.86. The van der Waals surface area contributed by atoms with Crippen LogP contribution in [0.25, 0.3) is 10.1 Å². The maximum absolute atomic E-state index is 12.4. The minimum absolute atomic E-state index is 0.176. The molecule has 120 valence electrons. The summed E-state index contributed by atoms with van der Waals surface area (Å²) in [5, 5.41) is 3.58. The second-order valence-corrected chi connectivity index (χ2v) is 6.28. The average molecular weight is 359 g/mol. The highest BCUT2D eigenvalue weighted by molar-refractivity contribution is 7.12. The van der Waals surface area contributed by atoms with E-state index in [-0.39, 0.29) is 12.2 Å². The number of aldehydes is 1. The molecule has 0 aliphatic carbocycles. The lowest BCUT2D eigenvalue weighted by Crippen LogP contribution is -2.29. The van der Waals surface area contributed by atoms with E-state index in [1.165, 1.54) is 6.07 Å². The molecule has 0 bridgehead atoms. The van der Waals surface area contributed by atoms with Gasteiger partial charge in [0.15, 0.2) is 5.69 Å². The number of halogens is 1. The van der Waals surface area contributed by atoms with Gasteiger partial charge in [0.25, 0.3) is 5.91 Å². The smallest absolute Gasteiger partial charge is 0.275 e. The van der Waals surface area contributed by atoms with E-state index in [4.69, 9.17) is 11.6 Å². The van der Waals surface area contributed by atoms with Gasteiger partial charge in [0.2, 0.25) is 5.43 Å². The van der Waals surface area contributed by atoms with Gasteiger partial charge < -0.3 is 5.32 Å². The molecule has 7 heteroatoms. The molecule has 0 unspecified atom stereocenters. The number of nitrogens with one attached hydrogen (secondary N) is 1. The SMILES string of the molecule is O=Cc1ccc2snc(C(=O)NCc3ccc(Cl)cc3)c(=O)c2c1. The maximum Gasteiger partial charge on any atom is 0.275 e. The molecule has 0 spiro atoms. The Labute approximate surface area is 146 Å². The lowest BCUT2D eigenvalue weighted by molar-refractivity contribution is 0.0945. The fourth-order valence-electron chi connectivity index (χ4n) is 2.15. The molecule has 2 aromatic carbocycles. The molecule has 0 saturated carbocycles. The van der Waals surface area contributed by atoms with E-state index in [2.05, 4.69) is 9.69 Å². The van der Waals surface area contributed by atoms with E-state index in [0.29, 0.717) is 27.0 Å². The summed E-state index contributed by atoms with van der Waals surface area (Å²) in [5.74, 6) is -0.551. The minimum atomic E-state index is -0.551. The van der Waals surface area contributed by atoms with Gasteiger partial charge in [0, 0.05) is 22.5 Å². The third-order valence-corrected chi connectivity index (χ3v) is 4.49. The Morgan fingerprint density at radius 3 is 2.67 bits per heavy atom. The van der Waals surface area contributed by atoms with Crippen molar-refractivity contribution in [2.75, 3.05) is 0 Å². The molecule has 0 fully saturated rings. The van der Waals surface area contributed by atoms with Crippen LogP contribution in [0.15, 0.2) is 47.3 Å². The third-order valence-electron chi connectivity index (χ3n) is 3.42. The molecule has 0 aliphatic rings. The van der Waals surface area contributed by atoms with E-state index in [1.54, 1.807) is 36.4 Å². The quantitative estimate of drug-likeness (QED) is 0.727. The molecule has 1 heterocycles. The van der Waals surface area contributed by atoms with Gasteiger partial charge in [-0.25, -0.2) is 0 Å². The summed E-state index contributed by atoms with van der Waals surface area (Å²) in [7, 11) is 0. The fraction of sp³-hybridized carbons (Fsp3) is 0.0588. The van der Waals surface area contributed by atoms with E-state index in [1.807, 2.05) is 0 Å². The summed E-state index contributed by atoms with van der Waals surface area (Å²) in [6.07, 6.45) is 0.657. The number of amides is 1. The van der Waals surface area contributed by atoms with Gasteiger partial charge in [-0.2, -0.15) is 4.37 Å². The summed E-state index contributed by atoms with van der Waals surface area (Å²) in [4.78, 5) is 35.5. The Hall–Kier alpha value is -2.57. The van der Waals surface area contributed by atoms with E-state index < -0.39 is 11.3 Å². The van der Waals surface area contributed by atoms with Crippen molar-refractivity contribution in [1.29, 1.82) is 0 Å². The van der Waals surface area contributed by atoms with Crippen molar-refractivity contribution in [3.8, 4) is 0 Å². The van der Waals surface area contributed by atoms with Crippen molar-refractivity contribution < 1.29 is 9.59 Å². The van der Waals surface area contributed by atoms with Crippen LogP contribution >= 0.6 is 23.1 Å². The molecular formula is C17H11ClN2O3S. The molecule has 1 amide bonds. The number of benzene rings is 2. The number of hydrogen-bond donors (Lipinski definition) is 1. The Bertz CT molecular complexity index is 983. The number of hydrogen-bond acceptors (Lipinski definition) is 5. The van der Waals surface area contributed by atoms with Gasteiger partial charge in [-0.3, -0.25) is 14.4 Å². The number of aromatic nitrogens is 1. The molecular weight excluding hydrogens is 348 g/mol. The Kier molecular flexibility index (Phi) is 4.69. The van der Waals surface area contributed by atoms with Gasteiger partial charge in [-0.15, -0.1) is 0 Å². The average Bonchev–Trinajstić information content (AvgIpc) is 2.61. The first-order chi connectivity index (χ1) is 11.6. The summed E-state index contributed by atoms with van der Waals surface area (Å²) in [6.45, 7) is 0.258. The molecule has 0 aliphatic heterocycles. The number of fused-ring (bicyclic) bond motifs is 1. The highest BCUT2D eigenvalue weighted by atomic mass is 35.5. The lowest BCUT2D eigenvalue weighted by atomic mass is 10.1. The molecule has 5 nitrogen and oxygen atoms in total. The summed E-state index contributed by atoms with van der Waals surface area (Å²) in [5.41, 5.74) is 0.573. The van der Waals surface area contributed by atoms with Crippen molar-refractivity contribution in [2.24, 2.45) is 0 Å². The van der Waals surface area contributed by atoms with Crippen LogP contribution in [0.2, 0.25) is 5.02 Å². The van der Waals surface area contributed by atoms with Crippen LogP contribution in [0.4, 0.5) is 0 Å². The number of carbonyl (C=O) groups excluding carboxylic acids is 2. The van der Waals surface area contributed by atoms with Crippen LogP contribution in [0.5, 0.6) is 0 Å². The summed E-state index contributed by atoms with van der Waals surface area (Å²) < 4.78 is 4.62. The molecule has 24 heavy (non-hydrogen) atoms. The first-order valence-corrected chi connectivity index (χ1v) is 8.15. The Morgan fingerprint density at radius 1 is 1.21 bits per heavy atom. The third kappa shape index (κ3) is 3.34. The highest BCUT2D eigenvalue weighted by Gasteiger charge is 2.15. The number of rotatable bonds is 4. The van der Waals surface area contributed by atoms with Crippen LogP contribution in [-0.2, 0) is 6.54 Å². The van der Waals surface area contributed by atoms with Crippen molar-refractivity contribution in [1.82, 2.24) is 9.69 Å². The number of carbonyl (C=O) groups is 2. The zero-order chi connectivity index (χ0) is 17.1. The first-order valence-electron chi connectivity index (χ1n) is 7.00. The van der Waals surface area contributed by atoms with Gasteiger partial charge in [-0.1, -0.05) is 29.8 Å². The zero-order valence-corrected chi connectivity index (χ0v) is 13.9. The molecule has 0 saturated heterocycles. The molecule has 0 atom stereocenters. The predicted octanol–water partition coefficient (Wildman–Crippen LogP) is 3.05. The van der Waals surface area contributed by atoms with E-state index in [0.717, 1.165) is 17.1 Å². The van der Waals surface area contributed by atoms with Crippen LogP contribution in [0.1, 0.15) is 26.4 Å². The first kappa shape index (κ1) is 16.3. The molecule has 3 rings (SSSR count). The van der Waals surface area contributed by atoms with Crippen LogP contribution in [0.3, 0.4) is 0 Å². The second kappa shape index (κ2) is 6.90. The van der Waals surface area contributed by atoms with Gasteiger partial charge in [0.05, 0.1) is 4.70 Å². The van der Waals surface area contributed by atoms with Crippen molar-refractivity contribution >= 4 is 45.4 Å². The maximum atomic E-state index is 12.4. The molecule has 0 radical (unpaired) electrons. The van der Waals surface area contributed by atoms with E-state index >= 15 is 0 Å². The summed E-state index contributed by atoms with van der Waals surface area (Å²) >= 11 is 6.85. The highest BCUT2D eigenvalue weighted by Crippen LogP contribution is 2.15. The topological polar surface area (TPSA) is 76.1 Å². The van der Waals surface area contributed by atoms with E-state index in [9.17, 15) is 14.4 Å². The molecule has 1 aromatic heterocycles. The largest absolute Gasteiger partial charge is 0.346 e. The van der Waals surface area contributed by atoms with Crippen molar-refractivity contribution in [3.63, 3.8) is 0 Å². The van der Waals surface area contributed by atoms with Crippen LogP contribution in [0, 0.1) is 0 Å². The molecule has 1 N–H and O–H groups in total. The van der Waals surface area contributed by atoms with Gasteiger partial charge in [-0.05, 0) is 41.4 Å². The number of nitrogens with zero attached hydrogens (tertiary/aromatic N) is 1. The zero-order valence-electron chi connectivity index (χ0n) is 12.3. The summed E-state index contributed by atoms with van der Waals surface area (Å²) in [6, 6.07) is 11.7. The monoisotopic (exact) mass is 358 g/mol. The van der Waals surface area contributed by atoms with Gasteiger partial charge in [0.1, 0.15) is 6.29 Å². The second-order valence-electron chi connectivity index (χ2n) is 5.04. The normalized spacial score (nSPS) is 10.5. The van der Waals surface area contributed by atoms with Crippen molar-refractivity contribution in [3.05, 3.63) is 74.5 Å². The molecule has 3 aromatic rings. The minimum Gasteiger partial charge on any atom is -0.346 e. The van der Waals surface area contributed by atoms with Crippen LogP contribution in [-0.4, -0.2) is 16.6 Å². The predicted molar refractivity (Wildman–Crippen MR) is 93.9 cm³/mol. The standard InChI is InChI=1S/C17H11ClN2O3S/c18-12-4-1-10(2-5-12)8-19-17(23)15-16(22)13-7-11(9-21)3-6-14(13)24-20-15/h1-7,9H,8H2,(H,19,23). The Morgan fingerprint density at radius 2 is 1.96 bits per heavy atom. The van der Waals surface area contributed by atoms with Gasteiger partial charge >= 0.3 is 0 Å². The van der Waals surface area contributed by atoms with Crippen molar-refractivity contribution in [2.45, 2.75) is 6.54 Å².